The Balaban J connectivity index is 2.52. The van der Waals surface area contributed by atoms with Gasteiger partial charge in [-0.3, -0.25) is 4.89 Å². The number of hydrogen-bond donors (Lipinski definition) is 0. The van der Waals surface area contributed by atoms with Crippen molar-refractivity contribution in [1.82, 2.24) is 0 Å². The quantitative estimate of drug-likeness (QED) is 0.218. The van der Waals surface area contributed by atoms with Crippen molar-refractivity contribution in [1.29, 1.82) is 0 Å². The van der Waals surface area contributed by atoms with Crippen molar-refractivity contribution in [3.8, 4) is 0 Å². The highest BCUT2D eigenvalue weighted by Crippen LogP contribution is 1.90. The Morgan fingerprint density at radius 3 is 2.38 bits per heavy atom. The first-order valence-electron chi connectivity index (χ1n) is 1.81. The van der Waals surface area contributed by atoms with E-state index in [9.17, 15) is 9.59 Å². The molecule has 8 heavy (non-hydrogen) atoms. The average molecular weight is 134 g/mol. The fraction of sp³-hybridized carbons (Fsp3) is 0. The summed E-state index contributed by atoms with van der Waals surface area (Å²) >= 11 is 0. The third-order valence-electron chi connectivity index (χ3n) is 0.539. The molecule has 0 aromatic rings. The van der Waals surface area contributed by atoms with Crippen LogP contribution in [0.2, 0.25) is 0 Å². The maximum Gasteiger partial charge on any atom is 0.447 e. The first-order valence-corrected chi connectivity index (χ1v) is 2.97. The van der Waals surface area contributed by atoms with Gasteiger partial charge in [0.25, 0.3) is 0 Å². The minimum absolute atomic E-state index is 0.956. The standard InChI is InChI=1S/C2H2O5Si/c3-1-2(4)6-8-7-5-1/h8H2. The Morgan fingerprint density at radius 2 is 2.00 bits per heavy atom. The molecule has 0 aromatic heterocycles. The predicted molar refractivity (Wildman–Crippen MR) is 21.8 cm³/mol. The summed E-state index contributed by atoms with van der Waals surface area (Å²) in [6.07, 6.45) is 0. The first-order chi connectivity index (χ1) is 3.80. The highest BCUT2D eigenvalue weighted by atomic mass is 28.3. The lowest BCUT2D eigenvalue weighted by Crippen LogP contribution is -2.29. The molecule has 0 radical (unpaired) electrons. The highest BCUT2D eigenvalue weighted by Gasteiger charge is 2.23. The molecule has 1 fully saturated rings. The molecule has 0 bridgehead atoms. The summed E-state index contributed by atoms with van der Waals surface area (Å²) in [5.41, 5.74) is 0. The molecule has 5 nitrogen and oxygen atoms in total. The molecule has 0 aromatic carbocycles. The van der Waals surface area contributed by atoms with E-state index in [1.54, 1.807) is 0 Å². The third-order valence-corrected chi connectivity index (χ3v) is 1.13. The van der Waals surface area contributed by atoms with Gasteiger partial charge in [-0.1, -0.05) is 0 Å². The van der Waals surface area contributed by atoms with E-state index in [0.717, 1.165) is 0 Å². The zero-order chi connectivity index (χ0) is 5.98. The molecule has 0 amide bonds. The molecule has 1 heterocycles. The summed E-state index contributed by atoms with van der Waals surface area (Å²) in [5.74, 6) is -2.04. The van der Waals surface area contributed by atoms with Gasteiger partial charge in [-0.25, -0.2) is 9.59 Å². The lowest BCUT2D eigenvalue weighted by atomic mass is 10.7. The van der Waals surface area contributed by atoms with Gasteiger partial charge >= 0.3 is 21.9 Å². The molecule has 44 valence electrons. The van der Waals surface area contributed by atoms with Gasteiger partial charge in [-0.15, -0.1) is 0 Å². The molecular weight excluding hydrogens is 132 g/mol. The van der Waals surface area contributed by atoms with Crippen LogP contribution in [-0.2, 0) is 23.5 Å². The first kappa shape index (κ1) is 5.26. The van der Waals surface area contributed by atoms with Crippen LogP contribution in [0.4, 0.5) is 0 Å². The molecule has 0 unspecified atom stereocenters. The van der Waals surface area contributed by atoms with Crippen LogP contribution in [0.15, 0.2) is 0 Å². The number of carbonyl (C=O) groups is 2. The van der Waals surface area contributed by atoms with Crippen LogP contribution in [0.5, 0.6) is 0 Å². The Labute approximate surface area is 46.5 Å². The van der Waals surface area contributed by atoms with E-state index >= 15 is 0 Å². The van der Waals surface area contributed by atoms with Crippen LogP contribution < -0.4 is 0 Å². The SMILES string of the molecule is O=C1OO[SiH2]OC1=O. The summed E-state index contributed by atoms with van der Waals surface area (Å²) in [5, 5.41) is 0. The van der Waals surface area contributed by atoms with Crippen molar-refractivity contribution in [2.24, 2.45) is 0 Å². The van der Waals surface area contributed by atoms with Gasteiger partial charge in [0.05, 0.1) is 0 Å². The Hall–Kier alpha value is -0.883. The highest BCUT2D eigenvalue weighted by molar-refractivity contribution is 6.39. The zero-order valence-electron chi connectivity index (χ0n) is 3.75. The summed E-state index contributed by atoms with van der Waals surface area (Å²) in [7, 11) is -1.36. The van der Waals surface area contributed by atoms with Crippen LogP contribution in [0.1, 0.15) is 0 Å². The molecule has 0 spiro atoms. The largest absolute Gasteiger partial charge is 0.488 e. The molecule has 1 aliphatic heterocycles. The van der Waals surface area contributed by atoms with Crippen molar-refractivity contribution in [3.05, 3.63) is 0 Å². The van der Waals surface area contributed by atoms with E-state index in [1.165, 1.54) is 0 Å². The van der Waals surface area contributed by atoms with Crippen LogP contribution >= 0.6 is 0 Å². The molecule has 0 N–H and O–H groups in total. The van der Waals surface area contributed by atoms with E-state index < -0.39 is 21.9 Å². The van der Waals surface area contributed by atoms with Crippen LogP contribution in [0, 0.1) is 0 Å². The molecule has 6 heteroatoms. The van der Waals surface area contributed by atoms with Gasteiger partial charge in [-0.2, -0.15) is 4.58 Å². The van der Waals surface area contributed by atoms with E-state index in [-0.39, 0.29) is 0 Å². The minimum Gasteiger partial charge on any atom is -0.488 e. The number of rotatable bonds is 0. The third kappa shape index (κ3) is 0.847. The summed E-state index contributed by atoms with van der Waals surface area (Å²) in [6.45, 7) is 0. The van der Waals surface area contributed by atoms with E-state index in [1.807, 2.05) is 0 Å². The van der Waals surface area contributed by atoms with Crippen molar-refractivity contribution in [2.75, 3.05) is 0 Å². The van der Waals surface area contributed by atoms with E-state index in [0.29, 0.717) is 0 Å². The average Bonchev–Trinajstić information content (AvgIpc) is 1.77. The van der Waals surface area contributed by atoms with Crippen molar-refractivity contribution < 1.29 is 23.5 Å². The molecule has 0 aliphatic carbocycles. The minimum atomic E-state index is -1.36. The van der Waals surface area contributed by atoms with Crippen LogP contribution in [0.3, 0.4) is 0 Å². The topological polar surface area (TPSA) is 61.8 Å². The van der Waals surface area contributed by atoms with Gasteiger partial charge in [0.1, 0.15) is 0 Å². The lowest BCUT2D eigenvalue weighted by molar-refractivity contribution is -0.233. The second-order valence-electron chi connectivity index (χ2n) is 1.04. The Kier molecular flexibility index (Phi) is 1.27. The van der Waals surface area contributed by atoms with Crippen molar-refractivity contribution in [3.63, 3.8) is 0 Å². The second-order valence-corrected chi connectivity index (χ2v) is 1.80. The monoisotopic (exact) mass is 134 g/mol. The van der Waals surface area contributed by atoms with Crippen LogP contribution in [0.25, 0.3) is 0 Å². The molecule has 1 saturated heterocycles. The number of carbonyl (C=O) groups excluding carboxylic acids is 2. The molecule has 1 rings (SSSR count). The van der Waals surface area contributed by atoms with Crippen LogP contribution in [-0.4, -0.2) is 21.9 Å². The maximum atomic E-state index is 10.1. The fourth-order valence-corrected chi connectivity index (χ4v) is 0.676. The van der Waals surface area contributed by atoms with E-state index in [4.69, 9.17) is 0 Å². The van der Waals surface area contributed by atoms with Gasteiger partial charge in [-0.05, 0) is 0 Å². The molecular formula is C2H2O5Si. The van der Waals surface area contributed by atoms with Gasteiger partial charge in [0.15, 0.2) is 0 Å². The molecule has 0 atom stereocenters. The Bertz CT molecular complexity index is 114. The Morgan fingerprint density at radius 1 is 1.25 bits per heavy atom. The smallest absolute Gasteiger partial charge is 0.447 e. The summed E-state index contributed by atoms with van der Waals surface area (Å²) < 4.78 is 8.29. The summed E-state index contributed by atoms with van der Waals surface area (Å²) in [4.78, 5) is 23.9. The predicted octanol–water partition coefficient (Wildman–Crippen LogP) is -1.98. The second kappa shape index (κ2) is 1.93. The van der Waals surface area contributed by atoms with Crippen molar-refractivity contribution >= 4 is 21.9 Å². The van der Waals surface area contributed by atoms with Gasteiger partial charge in [0.2, 0.25) is 0 Å². The van der Waals surface area contributed by atoms with E-state index in [2.05, 4.69) is 13.9 Å². The fourth-order valence-electron chi connectivity index (χ4n) is 0.248. The molecule has 0 saturated carbocycles. The molecule has 1 aliphatic rings. The maximum absolute atomic E-state index is 10.1. The van der Waals surface area contributed by atoms with Gasteiger partial charge in [0, 0.05) is 0 Å². The summed E-state index contributed by atoms with van der Waals surface area (Å²) in [6, 6.07) is 0. The van der Waals surface area contributed by atoms with Gasteiger partial charge < -0.3 is 4.43 Å². The lowest BCUT2D eigenvalue weighted by Gasteiger charge is -2.07. The van der Waals surface area contributed by atoms with Crippen molar-refractivity contribution in [2.45, 2.75) is 0 Å². The normalized spacial score (nSPS) is 22.5. The number of hydrogen-bond acceptors (Lipinski definition) is 5. The zero-order valence-corrected chi connectivity index (χ0v) is 5.16.